The van der Waals surface area contributed by atoms with Crippen LogP contribution in [-0.2, 0) is 14.2 Å². The smallest absolute Gasteiger partial charge is 0.0701 e. The Kier molecular flexibility index (Phi) is 18.5. The largest absolute Gasteiger partial charge is 0.396 e. The molecule has 0 aliphatic carbocycles. The summed E-state index contributed by atoms with van der Waals surface area (Å²) in [4.78, 5) is 2.24. The molecule has 0 atom stereocenters. The Hall–Kier alpha value is -0.280. The lowest BCUT2D eigenvalue weighted by molar-refractivity contribution is 0.00647. The number of hydrogen-bond acceptors (Lipinski definition) is 7. The minimum Gasteiger partial charge on any atom is -0.396 e. The van der Waals surface area contributed by atoms with Gasteiger partial charge in [-0.3, -0.25) is 0 Å². The van der Waals surface area contributed by atoms with Crippen molar-refractivity contribution in [3.63, 3.8) is 0 Å². The zero-order valence-electron chi connectivity index (χ0n) is 13.6. The normalized spacial score (nSPS) is 11.5. The van der Waals surface area contributed by atoms with E-state index in [0.717, 1.165) is 38.9 Å². The predicted molar refractivity (Wildman–Crippen MR) is 84.0 cm³/mol. The fourth-order valence-corrected chi connectivity index (χ4v) is 1.92. The summed E-state index contributed by atoms with van der Waals surface area (Å²) >= 11 is 0. The fraction of sp³-hybridized carbons (Fsp3) is 1.00. The molecule has 0 aromatic heterocycles. The van der Waals surface area contributed by atoms with Crippen LogP contribution in [0.5, 0.6) is 0 Å². The van der Waals surface area contributed by atoms with Crippen molar-refractivity contribution in [2.45, 2.75) is 19.3 Å². The van der Waals surface area contributed by atoms with Crippen LogP contribution in [0.1, 0.15) is 19.3 Å². The monoisotopic (exact) mass is 323 g/mol. The van der Waals surface area contributed by atoms with Gasteiger partial charge in [0.2, 0.25) is 0 Å². The molecule has 0 rings (SSSR count). The highest BCUT2D eigenvalue weighted by Gasteiger charge is 2.03. The van der Waals surface area contributed by atoms with E-state index in [1.165, 1.54) is 0 Å². The van der Waals surface area contributed by atoms with Crippen LogP contribution < -0.4 is 0 Å². The van der Waals surface area contributed by atoms with Gasteiger partial charge in [-0.25, -0.2) is 0 Å². The number of aliphatic hydroxyl groups is 3. The van der Waals surface area contributed by atoms with Crippen molar-refractivity contribution >= 4 is 0 Å². The van der Waals surface area contributed by atoms with Crippen molar-refractivity contribution in [2.24, 2.45) is 0 Å². The molecule has 0 unspecified atom stereocenters. The number of rotatable bonds is 18. The Morgan fingerprint density at radius 3 is 1.45 bits per heavy atom. The lowest BCUT2D eigenvalue weighted by atomic mass is 10.3. The van der Waals surface area contributed by atoms with E-state index in [1.54, 1.807) is 0 Å². The third-order valence-corrected chi connectivity index (χ3v) is 3.01. The van der Waals surface area contributed by atoms with Crippen LogP contribution in [0.2, 0.25) is 0 Å². The van der Waals surface area contributed by atoms with Gasteiger partial charge in [0.15, 0.2) is 0 Å². The van der Waals surface area contributed by atoms with Gasteiger partial charge in [-0.05, 0) is 19.3 Å². The molecule has 0 amide bonds. The van der Waals surface area contributed by atoms with Crippen molar-refractivity contribution in [3.05, 3.63) is 0 Å². The number of nitrogens with zero attached hydrogens (tertiary/aromatic N) is 1. The van der Waals surface area contributed by atoms with Crippen molar-refractivity contribution in [2.75, 3.05) is 79.1 Å². The van der Waals surface area contributed by atoms with Crippen LogP contribution in [0.3, 0.4) is 0 Å². The van der Waals surface area contributed by atoms with Gasteiger partial charge in [0.25, 0.3) is 0 Å². The fourth-order valence-electron chi connectivity index (χ4n) is 1.92. The topological polar surface area (TPSA) is 91.6 Å². The minimum absolute atomic E-state index is 0.0384. The van der Waals surface area contributed by atoms with E-state index in [-0.39, 0.29) is 19.8 Å². The highest BCUT2D eigenvalue weighted by atomic mass is 16.5. The van der Waals surface area contributed by atoms with Crippen LogP contribution in [-0.4, -0.2) is 99.3 Å². The summed E-state index contributed by atoms with van der Waals surface area (Å²) in [5, 5.41) is 26.2. The lowest BCUT2D eigenvalue weighted by Crippen LogP contribution is -2.29. The maximum Gasteiger partial charge on any atom is 0.0701 e. The van der Waals surface area contributed by atoms with Crippen LogP contribution >= 0.6 is 0 Å². The second-order valence-electron chi connectivity index (χ2n) is 4.91. The molecule has 0 heterocycles. The van der Waals surface area contributed by atoms with E-state index >= 15 is 0 Å². The molecule has 0 saturated heterocycles. The molecule has 0 bridgehead atoms. The van der Waals surface area contributed by atoms with Gasteiger partial charge < -0.3 is 34.4 Å². The zero-order chi connectivity index (χ0) is 16.3. The first-order chi connectivity index (χ1) is 10.8. The Morgan fingerprint density at radius 2 is 0.955 bits per heavy atom. The van der Waals surface area contributed by atoms with Gasteiger partial charge in [-0.15, -0.1) is 0 Å². The number of ether oxygens (including phenoxy) is 3. The molecule has 0 aliphatic rings. The molecule has 0 fully saturated rings. The third-order valence-electron chi connectivity index (χ3n) is 3.01. The average Bonchev–Trinajstić information content (AvgIpc) is 2.54. The Labute approximate surface area is 133 Å². The van der Waals surface area contributed by atoms with Crippen LogP contribution in [0.15, 0.2) is 0 Å². The number of hydrogen-bond donors (Lipinski definition) is 3. The van der Waals surface area contributed by atoms with Crippen molar-refractivity contribution in [3.8, 4) is 0 Å². The van der Waals surface area contributed by atoms with E-state index in [2.05, 4.69) is 4.90 Å². The molecule has 0 aromatic rings. The first-order valence-electron chi connectivity index (χ1n) is 8.13. The van der Waals surface area contributed by atoms with E-state index in [1.807, 2.05) is 0 Å². The van der Waals surface area contributed by atoms with Gasteiger partial charge in [-0.2, -0.15) is 0 Å². The molecular weight excluding hydrogens is 290 g/mol. The summed E-state index contributed by atoms with van der Waals surface area (Å²) in [6.45, 7) is 6.20. The highest BCUT2D eigenvalue weighted by molar-refractivity contribution is 4.58. The molecule has 0 saturated carbocycles. The zero-order valence-corrected chi connectivity index (χ0v) is 13.6. The third kappa shape index (κ3) is 16.1. The molecule has 0 radical (unpaired) electrons. The van der Waals surface area contributed by atoms with Crippen molar-refractivity contribution in [1.82, 2.24) is 4.90 Å². The highest BCUT2D eigenvalue weighted by Crippen LogP contribution is 1.97. The van der Waals surface area contributed by atoms with Crippen molar-refractivity contribution < 1.29 is 29.5 Å². The number of aliphatic hydroxyl groups excluding tert-OH is 3. The van der Waals surface area contributed by atoms with E-state index in [0.29, 0.717) is 39.6 Å². The molecule has 0 aliphatic heterocycles. The van der Waals surface area contributed by atoms with Crippen LogP contribution in [0.25, 0.3) is 0 Å². The van der Waals surface area contributed by atoms with Crippen LogP contribution in [0.4, 0.5) is 0 Å². The standard InChI is InChI=1S/C15H33NO6/c17-7-1-4-16(5-2-8-18)6-3-10-20-12-14-22-15-13-21-11-9-19/h17-19H,1-15H2. The predicted octanol–water partition coefficient (Wildman–Crippen LogP) is -0.515. The van der Waals surface area contributed by atoms with E-state index in [4.69, 9.17) is 29.5 Å². The summed E-state index contributed by atoms with van der Waals surface area (Å²) in [7, 11) is 0. The second-order valence-corrected chi connectivity index (χ2v) is 4.91. The summed E-state index contributed by atoms with van der Waals surface area (Å²) in [6, 6.07) is 0. The Balaban J connectivity index is 3.33. The molecule has 7 nitrogen and oxygen atoms in total. The lowest BCUT2D eigenvalue weighted by Gasteiger charge is -2.21. The first kappa shape index (κ1) is 21.7. The van der Waals surface area contributed by atoms with Crippen LogP contribution in [0, 0.1) is 0 Å². The van der Waals surface area contributed by atoms with E-state index in [9.17, 15) is 0 Å². The second kappa shape index (κ2) is 18.8. The quantitative estimate of drug-likeness (QED) is 0.293. The summed E-state index contributed by atoms with van der Waals surface area (Å²) in [5.74, 6) is 0. The van der Waals surface area contributed by atoms with Gasteiger partial charge >= 0.3 is 0 Å². The van der Waals surface area contributed by atoms with Gasteiger partial charge in [-0.1, -0.05) is 0 Å². The molecular formula is C15H33NO6. The molecule has 3 N–H and O–H groups in total. The SMILES string of the molecule is OCCCN(CCCO)CCCOCCOCCOCCO. The Morgan fingerprint density at radius 1 is 0.500 bits per heavy atom. The Bertz CT molecular complexity index is 200. The minimum atomic E-state index is 0.0384. The molecule has 0 aromatic carbocycles. The average molecular weight is 323 g/mol. The molecule has 134 valence electrons. The van der Waals surface area contributed by atoms with Gasteiger partial charge in [0, 0.05) is 39.5 Å². The van der Waals surface area contributed by atoms with E-state index < -0.39 is 0 Å². The summed E-state index contributed by atoms with van der Waals surface area (Å²) in [5.41, 5.74) is 0. The maximum absolute atomic E-state index is 8.86. The van der Waals surface area contributed by atoms with Crippen molar-refractivity contribution in [1.29, 1.82) is 0 Å². The maximum atomic E-state index is 8.86. The summed E-state index contributed by atoms with van der Waals surface area (Å²) < 4.78 is 15.9. The van der Waals surface area contributed by atoms with Gasteiger partial charge in [0.1, 0.15) is 0 Å². The molecule has 22 heavy (non-hydrogen) atoms. The molecule has 7 heteroatoms. The summed E-state index contributed by atoms with van der Waals surface area (Å²) in [6.07, 6.45) is 2.45. The first-order valence-corrected chi connectivity index (χ1v) is 8.13. The molecule has 0 spiro atoms. The van der Waals surface area contributed by atoms with Gasteiger partial charge in [0.05, 0.1) is 39.6 Å².